The van der Waals surface area contributed by atoms with Crippen molar-refractivity contribution in [2.75, 3.05) is 0 Å². The molecule has 2 N–H and O–H groups in total. The van der Waals surface area contributed by atoms with Crippen molar-refractivity contribution in [3.8, 4) is 0 Å². The molecule has 0 saturated carbocycles. The number of nitrogens with zero attached hydrogens (tertiary/aromatic N) is 2. The van der Waals surface area contributed by atoms with Gasteiger partial charge in [0.15, 0.2) is 0 Å². The summed E-state index contributed by atoms with van der Waals surface area (Å²) in [7, 11) is 2.04. The predicted molar refractivity (Wildman–Crippen MR) is 72.3 cm³/mol. The zero-order chi connectivity index (χ0) is 12.6. The van der Waals surface area contributed by atoms with Crippen LogP contribution in [0.15, 0.2) is 36.7 Å². The smallest absolute Gasteiger partial charge is 0.108 e. The van der Waals surface area contributed by atoms with Gasteiger partial charge in [0, 0.05) is 31.4 Å². The van der Waals surface area contributed by atoms with E-state index in [1.54, 1.807) is 0 Å². The minimum atomic E-state index is -0.0877. The second kappa shape index (κ2) is 4.25. The molecule has 0 spiro atoms. The molecule has 2 aromatic rings. The standard InChI is InChI=1S/C15H19N3/c1-18-9-8-17-14(18)6-7-15(16)10-12-4-2-3-5-13(12)11-15/h2-5,8-9H,6-7,10-11,16H2,1H3. The summed E-state index contributed by atoms with van der Waals surface area (Å²) in [6.07, 6.45) is 7.77. The maximum absolute atomic E-state index is 6.54. The fraction of sp³-hybridized carbons (Fsp3) is 0.400. The maximum Gasteiger partial charge on any atom is 0.108 e. The summed E-state index contributed by atoms with van der Waals surface area (Å²) in [5.74, 6) is 1.12. The first-order chi connectivity index (χ1) is 8.66. The lowest BCUT2D eigenvalue weighted by molar-refractivity contribution is 0.408. The third-order valence-corrected chi connectivity index (χ3v) is 3.97. The summed E-state index contributed by atoms with van der Waals surface area (Å²) in [5, 5.41) is 0. The van der Waals surface area contributed by atoms with Gasteiger partial charge in [-0.2, -0.15) is 0 Å². The molecule has 1 aromatic heterocycles. The number of imidazole rings is 1. The number of aryl methyl sites for hydroxylation is 2. The normalized spacial score (nSPS) is 16.8. The van der Waals surface area contributed by atoms with Gasteiger partial charge >= 0.3 is 0 Å². The average Bonchev–Trinajstić information content (AvgIpc) is 2.89. The van der Waals surface area contributed by atoms with Gasteiger partial charge < -0.3 is 10.3 Å². The zero-order valence-corrected chi connectivity index (χ0v) is 10.8. The Kier molecular flexibility index (Phi) is 2.71. The molecule has 0 atom stereocenters. The Hall–Kier alpha value is -1.61. The van der Waals surface area contributed by atoms with E-state index < -0.39 is 0 Å². The topological polar surface area (TPSA) is 43.8 Å². The number of aromatic nitrogens is 2. The van der Waals surface area contributed by atoms with E-state index >= 15 is 0 Å². The fourth-order valence-corrected chi connectivity index (χ4v) is 2.90. The third kappa shape index (κ3) is 2.06. The fourth-order valence-electron chi connectivity index (χ4n) is 2.90. The molecule has 1 aromatic carbocycles. The molecule has 1 aliphatic carbocycles. The third-order valence-electron chi connectivity index (χ3n) is 3.97. The first-order valence-electron chi connectivity index (χ1n) is 6.48. The quantitative estimate of drug-likeness (QED) is 0.891. The second-order valence-corrected chi connectivity index (χ2v) is 5.44. The number of rotatable bonds is 3. The molecule has 3 nitrogen and oxygen atoms in total. The number of fused-ring (bicyclic) bond motifs is 1. The molecule has 94 valence electrons. The predicted octanol–water partition coefficient (Wildman–Crippen LogP) is 1.85. The average molecular weight is 241 g/mol. The summed E-state index contributed by atoms with van der Waals surface area (Å²) in [4.78, 5) is 4.36. The minimum absolute atomic E-state index is 0.0877. The highest BCUT2D eigenvalue weighted by Gasteiger charge is 2.32. The Balaban J connectivity index is 1.70. The van der Waals surface area contributed by atoms with Crippen LogP contribution in [0.1, 0.15) is 23.4 Å². The molecule has 0 saturated heterocycles. The molecule has 0 fully saturated rings. The summed E-state index contributed by atoms with van der Waals surface area (Å²) < 4.78 is 2.07. The molecule has 3 rings (SSSR count). The van der Waals surface area contributed by atoms with E-state index in [4.69, 9.17) is 5.73 Å². The van der Waals surface area contributed by atoms with Crippen molar-refractivity contribution in [1.29, 1.82) is 0 Å². The van der Waals surface area contributed by atoms with Crippen LogP contribution in [0.3, 0.4) is 0 Å². The molecular weight excluding hydrogens is 222 g/mol. The van der Waals surface area contributed by atoms with Crippen molar-refractivity contribution < 1.29 is 0 Å². The largest absolute Gasteiger partial charge is 0.338 e. The van der Waals surface area contributed by atoms with Crippen LogP contribution in [0.5, 0.6) is 0 Å². The first kappa shape index (κ1) is 11.5. The van der Waals surface area contributed by atoms with Gasteiger partial charge in [0.05, 0.1) is 0 Å². The number of nitrogens with two attached hydrogens (primary N) is 1. The molecular formula is C15H19N3. The van der Waals surface area contributed by atoms with Crippen LogP contribution in [0.2, 0.25) is 0 Å². The Morgan fingerprint density at radius 2 is 1.94 bits per heavy atom. The van der Waals surface area contributed by atoms with Gasteiger partial charge in [-0.05, 0) is 30.4 Å². The lowest BCUT2D eigenvalue weighted by atomic mass is 9.91. The Morgan fingerprint density at radius 1 is 1.28 bits per heavy atom. The summed E-state index contributed by atoms with van der Waals surface area (Å²) >= 11 is 0. The van der Waals surface area contributed by atoms with E-state index in [1.165, 1.54) is 11.1 Å². The lowest BCUT2D eigenvalue weighted by Gasteiger charge is -2.23. The molecule has 1 aliphatic rings. The second-order valence-electron chi connectivity index (χ2n) is 5.44. The summed E-state index contributed by atoms with van der Waals surface area (Å²) in [5.41, 5.74) is 9.28. The first-order valence-corrected chi connectivity index (χ1v) is 6.48. The summed E-state index contributed by atoms with van der Waals surface area (Å²) in [6.45, 7) is 0. The molecule has 3 heteroatoms. The Morgan fingerprint density at radius 3 is 2.50 bits per heavy atom. The molecule has 0 unspecified atom stereocenters. The van der Waals surface area contributed by atoms with E-state index in [2.05, 4.69) is 33.8 Å². The van der Waals surface area contributed by atoms with Crippen LogP contribution in [-0.2, 0) is 26.3 Å². The zero-order valence-electron chi connectivity index (χ0n) is 10.8. The SMILES string of the molecule is Cn1ccnc1CCC1(N)Cc2ccccc2C1. The maximum atomic E-state index is 6.54. The van der Waals surface area contributed by atoms with Crippen LogP contribution >= 0.6 is 0 Å². The number of benzene rings is 1. The molecule has 0 amide bonds. The van der Waals surface area contributed by atoms with Crippen molar-refractivity contribution in [2.24, 2.45) is 12.8 Å². The van der Waals surface area contributed by atoms with E-state index in [1.807, 2.05) is 19.4 Å². The monoisotopic (exact) mass is 241 g/mol. The number of hydrogen-bond donors (Lipinski definition) is 1. The lowest BCUT2D eigenvalue weighted by Crippen LogP contribution is -2.41. The Labute approximate surface area is 108 Å². The Bertz CT molecular complexity index is 531. The van der Waals surface area contributed by atoms with Crippen LogP contribution in [0.4, 0.5) is 0 Å². The van der Waals surface area contributed by atoms with Crippen LogP contribution in [0.25, 0.3) is 0 Å². The molecule has 0 bridgehead atoms. The molecule has 1 heterocycles. The molecule has 18 heavy (non-hydrogen) atoms. The van der Waals surface area contributed by atoms with E-state index in [0.717, 1.165) is 31.5 Å². The highest BCUT2D eigenvalue weighted by molar-refractivity contribution is 5.36. The van der Waals surface area contributed by atoms with Crippen molar-refractivity contribution in [1.82, 2.24) is 9.55 Å². The highest BCUT2D eigenvalue weighted by atomic mass is 15.0. The van der Waals surface area contributed by atoms with Crippen LogP contribution < -0.4 is 5.73 Å². The van der Waals surface area contributed by atoms with Crippen molar-refractivity contribution >= 4 is 0 Å². The van der Waals surface area contributed by atoms with E-state index in [-0.39, 0.29) is 5.54 Å². The molecule has 0 radical (unpaired) electrons. The molecule has 0 aliphatic heterocycles. The minimum Gasteiger partial charge on any atom is -0.338 e. The van der Waals surface area contributed by atoms with Gasteiger partial charge in [-0.25, -0.2) is 4.98 Å². The van der Waals surface area contributed by atoms with Gasteiger partial charge in [0.2, 0.25) is 0 Å². The van der Waals surface area contributed by atoms with Gasteiger partial charge in [0.1, 0.15) is 5.82 Å². The van der Waals surface area contributed by atoms with E-state index in [9.17, 15) is 0 Å². The van der Waals surface area contributed by atoms with Crippen LogP contribution in [-0.4, -0.2) is 15.1 Å². The van der Waals surface area contributed by atoms with Crippen LogP contribution in [0, 0.1) is 0 Å². The number of hydrogen-bond acceptors (Lipinski definition) is 2. The van der Waals surface area contributed by atoms with Crippen molar-refractivity contribution in [3.63, 3.8) is 0 Å². The van der Waals surface area contributed by atoms with Gasteiger partial charge in [-0.3, -0.25) is 0 Å². The summed E-state index contributed by atoms with van der Waals surface area (Å²) in [6, 6.07) is 8.60. The van der Waals surface area contributed by atoms with Gasteiger partial charge in [-0.1, -0.05) is 24.3 Å². The van der Waals surface area contributed by atoms with E-state index in [0.29, 0.717) is 0 Å². The van der Waals surface area contributed by atoms with Crippen molar-refractivity contribution in [2.45, 2.75) is 31.2 Å². The van der Waals surface area contributed by atoms with Gasteiger partial charge in [-0.15, -0.1) is 0 Å². The highest BCUT2D eigenvalue weighted by Crippen LogP contribution is 2.31. The van der Waals surface area contributed by atoms with Gasteiger partial charge in [0.25, 0.3) is 0 Å². The van der Waals surface area contributed by atoms with Crippen molar-refractivity contribution in [3.05, 3.63) is 53.6 Å².